The number of benzene rings is 1. The van der Waals surface area contributed by atoms with E-state index in [2.05, 4.69) is 0 Å². The van der Waals surface area contributed by atoms with E-state index in [9.17, 15) is 14.7 Å². The van der Waals surface area contributed by atoms with Gasteiger partial charge in [0.25, 0.3) is 0 Å². The summed E-state index contributed by atoms with van der Waals surface area (Å²) >= 11 is 0. The van der Waals surface area contributed by atoms with E-state index in [4.69, 9.17) is 9.84 Å². The third kappa shape index (κ3) is 1.22. The van der Waals surface area contributed by atoms with Crippen LogP contribution >= 0.6 is 0 Å². The van der Waals surface area contributed by atoms with E-state index in [1.165, 1.54) is 13.2 Å². The normalized spacial score (nSPS) is 23.0. The van der Waals surface area contributed by atoms with Gasteiger partial charge >= 0.3 is 5.97 Å². The van der Waals surface area contributed by atoms with Gasteiger partial charge in [0.1, 0.15) is 5.75 Å². The number of hydrogen-bond donors (Lipinski definition) is 2. The van der Waals surface area contributed by atoms with E-state index in [-0.39, 0.29) is 12.0 Å². The second-order valence-electron chi connectivity index (χ2n) is 3.66. The SMILES string of the molecule is COc1cccc2c1CC(O)(C(=O)O)C2=O. The van der Waals surface area contributed by atoms with Gasteiger partial charge in [-0.3, -0.25) is 4.79 Å². The first kappa shape index (κ1) is 10.6. The number of fused-ring (bicyclic) bond motifs is 1. The first-order valence-corrected chi connectivity index (χ1v) is 4.67. The number of hydrogen-bond acceptors (Lipinski definition) is 4. The van der Waals surface area contributed by atoms with Crippen molar-refractivity contribution in [3.05, 3.63) is 29.3 Å². The van der Waals surface area contributed by atoms with Crippen LogP contribution in [0.2, 0.25) is 0 Å². The fourth-order valence-corrected chi connectivity index (χ4v) is 1.88. The van der Waals surface area contributed by atoms with E-state index >= 15 is 0 Å². The van der Waals surface area contributed by atoms with Crippen LogP contribution in [0.1, 0.15) is 15.9 Å². The number of carbonyl (C=O) groups is 2. The molecular formula is C11H10O5. The van der Waals surface area contributed by atoms with Crippen LogP contribution in [0, 0.1) is 0 Å². The van der Waals surface area contributed by atoms with Crippen LogP contribution in [-0.2, 0) is 11.2 Å². The topological polar surface area (TPSA) is 83.8 Å². The molecule has 5 heteroatoms. The Morgan fingerprint density at radius 3 is 2.75 bits per heavy atom. The lowest BCUT2D eigenvalue weighted by molar-refractivity contribution is -0.152. The Hall–Kier alpha value is -1.88. The summed E-state index contributed by atoms with van der Waals surface area (Å²) in [6.07, 6.45) is -0.249. The molecule has 0 spiro atoms. The van der Waals surface area contributed by atoms with Crippen molar-refractivity contribution in [1.29, 1.82) is 0 Å². The van der Waals surface area contributed by atoms with Gasteiger partial charge in [0, 0.05) is 17.5 Å². The number of rotatable bonds is 2. The number of Topliss-reactive ketones (excluding diaryl/α,β-unsaturated/α-hetero) is 1. The van der Waals surface area contributed by atoms with Gasteiger partial charge in [-0.1, -0.05) is 12.1 Å². The smallest absolute Gasteiger partial charge is 0.344 e. The maximum absolute atomic E-state index is 11.7. The molecule has 0 fully saturated rings. The Bertz CT molecular complexity index is 479. The molecule has 0 heterocycles. The maximum Gasteiger partial charge on any atom is 0.344 e. The van der Waals surface area contributed by atoms with Gasteiger partial charge in [0.2, 0.25) is 11.4 Å². The summed E-state index contributed by atoms with van der Waals surface area (Å²) in [5.41, 5.74) is -1.69. The van der Waals surface area contributed by atoms with Crippen LogP contribution in [0.4, 0.5) is 0 Å². The Balaban J connectivity index is 2.58. The number of carboxylic acid groups (broad SMARTS) is 1. The molecular weight excluding hydrogens is 212 g/mol. The summed E-state index contributed by atoms with van der Waals surface area (Å²) < 4.78 is 5.02. The van der Waals surface area contributed by atoms with Crippen LogP contribution in [0.25, 0.3) is 0 Å². The number of carboxylic acids is 1. The summed E-state index contributed by atoms with van der Waals surface area (Å²) in [7, 11) is 1.43. The lowest BCUT2D eigenvalue weighted by atomic mass is 10.00. The standard InChI is InChI=1S/C11H10O5/c1-16-8-4-2-3-6-7(8)5-11(15,9(6)12)10(13)14/h2-4,15H,5H2,1H3,(H,13,14). The van der Waals surface area contributed by atoms with Gasteiger partial charge in [-0.25, -0.2) is 4.79 Å². The monoisotopic (exact) mass is 222 g/mol. The molecule has 5 nitrogen and oxygen atoms in total. The lowest BCUT2D eigenvalue weighted by Gasteiger charge is -2.13. The molecule has 0 saturated heterocycles. The van der Waals surface area contributed by atoms with E-state index in [1.54, 1.807) is 12.1 Å². The molecule has 0 bridgehead atoms. The molecule has 84 valence electrons. The number of ketones is 1. The highest BCUT2D eigenvalue weighted by Gasteiger charge is 2.51. The fraction of sp³-hybridized carbons (Fsp3) is 0.273. The number of aliphatic hydroxyl groups is 1. The fourth-order valence-electron chi connectivity index (χ4n) is 1.88. The van der Waals surface area contributed by atoms with Crippen LogP contribution < -0.4 is 4.74 Å². The van der Waals surface area contributed by atoms with Crippen molar-refractivity contribution in [2.75, 3.05) is 7.11 Å². The molecule has 0 amide bonds. The first-order valence-electron chi connectivity index (χ1n) is 4.67. The molecule has 1 aliphatic rings. The molecule has 1 atom stereocenters. The summed E-state index contributed by atoms with van der Waals surface area (Å²) in [5, 5.41) is 18.6. The average Bonchev–Trinajstić information content (AvgIpc) is 2.53. The van der Waals surface area contributed by atoms with Crippen LogP contribution in [0.5, 0.6) is 5.75 Å². The molecule has 0 aliphatic heterocycles. The van der Waals surface area contributed by atoms with Crippen molar-refractivity contribution in [2.45, 2.75) is 12.0 Å². The highest BCUT2D eigenvalue weighted by molar-refractivity contribution is 6.18. The summed E-state index contributed by atoms with van der Waals surface area (Å²) in [5.74, 6) is -1.90. The van der Waals surface area contributed by atoms with Gasteiger partial charge in [-0.15, -0.1) is 0 Å². The number of carbonyl (C=O) groups excluding carboxylic acids is 1. The maximum atomic E-state index is 11.7. The van der Waals surface area contributed by atoms with Crippen LogP contribution in [0.15, 0.2) is 18.2 Å². The van der Waals surface area contributed by atoms with Crippen LogP contribution in [-0.4, -0.2) is 34.7 Å². The predicted molar refractivity (Wildman–Crippen MR) is 53.6 cm³/mol. The Morgan fingerprint density at radius 2 is 2.19 bits per heavy atom. The largest absolute Gasteiger partial charge is 0.496 e. The van der Waals surface area contributed by atoms with Gasteiger partial charge in [-0.2, -0.15) is 0 Å². The van der Waals surface area contributed by atoms with Crippen LogP contribution in [0.3, 0.4) is 0 Å². The van der Waals surface area contributed by atoms with Crippen molar-refractivity contribution >= 4 is 11.8 Å². The molecule has 16 heavy (non-hydrogen) atoms. The first-order chi connectivity index (χ1) is 7.50. The molecule has 2 N–H and O–H groups in total. The molecule has 1 unspecified atom stereocenters. The Morgan fingerprint density at radius 1 is 1.50 bits per heavy atom. The minimum absolute atomic E-state index is 0.212. The zero-order valence-corrected chi connectivity index (χ0v) is 8.56. The van der Waals surface area contributed by atoms with E-state index < -0.39 is 17.4 Å². The quantitative estimate of drug-likeness (QED) is 0.701. The van der Waals surface area contributed by atoms with Gasteiger partial charge in [-0.05, 0) is 6.07 Å². The highest BCUT2D eigenvalue weighted by atomic mass is 16.5. The zero-order chi connectivity index (χ0) is 11.9. The van der Waals surface area contributed by atoms with Crippen molar-refractivity contribution in [1.82, 2.24) is 0 Å². The second-order valence-corrected chi connectivity index (χ2v) is 3.66. The van der Waals surface area contributed by atoms with E-state index in [0.29, 0.717) is 11.3 Å². The van der Waals surface area contributed by atoms with Crippen molar-refractivity contribution < 1.29 is 24.5 Å². The Kier molecular flexibility index (Phi) is 2.20. The third-order valence-corrected chi connectivity index (χ3v) is 2.76. The third-order valence-electron chi connectivity index (χ3n) is 2.76. The second kappa shape index (κ2) is 3.31. The highest BCUT2D eigenvalue weighted by Crippen LogP contribution is 2.35. The van der Waals surface area contributed by atoms with E-state index in [0.717, 1.165) is 0 Å². The summed E-state index contributed by atoms with van der Waals surface area (Å²) in [6.45, 7) is 0. The van der Waals surface area contributed by atoms with Gasteiger partial charge < -0.3 is 14.9 Å². The summed E-state index contributed by atoms with van der Waals surface area (Å²) in [4.78, 5) is 22.6. The molecule has 1 aromatic carbocycles. The van der Waals surface area contributed by atoms with Crippen molar-refractivity contribution in [2.24, 2.45) is 0 Å². The van der Waals surface area contributed by atoms with Gasteiger partial charge in [0.15, 0.2) is 0 Å². The summed E-state index contributed by atoms with van der Waals surface area (Å²) in [6, 6.07) is 4.70. The number of aliphatic carboxylic acids is 1. The average molecular weight is 222 g/mol. The van der Waals surface area contributed by atoms with Gasteiger partial charge in [0.05, 0.1) is 7.11 Å². The minimum Gasteiger partial charge on any atom is -0.496 e. The molecule has 1 aromatic rings. The molecule has 0 radical (unpaired) electrons. The number of ether oxygens (including phenoxy) is 1. The Labute approximate surface area is 91.3 Å². The molecule has 1 aliphatic carbocycles. The van der Waals surface area contributed by atoms with Crippen molar-refractivity contribution in [3.8, 4) is 5.75 Å². The lowest BCUT2D eigenvalue weighted by Crippen LogP contribution is -2.44. The predicted octanol–water partition coefficient (Wildman–Crippen LogP) is 0.250. The number of methoxy groups -OCH3 is 1. The minimum atomic E-state index is -2.35. The zero-order valence-electron chi connectivity index (χ0n) is 8.56. The van der Waals surface area contributed by atoms with Crippen molar-refractivity contribution in [3.63, 3.8) is 0 Å². The molecule has 2 rings (SSSR count). The molecule has 0 aromatic heterocycles. The van der Waals surface area contributed by atoms with E-state index in [1.807, 2.05) is 0 Å². The molecule has 0 saturated carbocycles.